The summed E-state index contributed by atoms with van der Waals surface area (Å²) in [5, 5.41) is 13.1. The Morgan fingerprint density at radius 1 is 0.275 bits per heavy atom. The summed E-state index contributed by atoms with van der Waals surface area (Å²) >= 11 is 0. The van der Waals surface area contributed by atoms with Gasteiger partial charge in [-0.15, -0.1) is 0 Å². The average Bonchev–Trinajstić information content (AvgIpc) is 3.00. The van der Waals surface area contributed by atoms with Crippen molar-refractivity contribution in [3.8, 4) is 22.3 Å². The van der Waals surface area contributed by atoms with Gasteiger partial charge in [0.25, 0.3) is 0 Å². The highest BCUT2D eigenvalue weighted by atomic mass is 14.2. The fraction of sp³-hybridized carbons (Fsp3) is 0.0500. The van der Waals surface area contributed by atoms with Crippen LogP contribution in [0.25, 0.3) is 76.1 Å². The molecule has 0 aliphatic carbocycles. The molecular weight excluding hydrogens is 480 g/mol. The Morgan fingerprint density at radius 3 is 1.07 bits per heavy atom. The summed E-state index contributed by atoms with van der Waals surface area (Å²) in [7, 11) is 0. The van der Waals surface area contributed by atoms with E-state index in [1.54, 1.807) is 0 Å². The molecule has 0 heteroatoms. The zero-order valence-electron chi connectivity index (χ0n) is 22.7. The minimum absolute atomic E-state index is 1.26. The first-order chi connectivity index (χ1) is 19.7. The lowest BCUT2D eigenvalue weighted by Gasteiger charge is -2.18. The molecule has 0 amide bonds. The van der Waals surface area contributed by atoms with E-state index >= 15 is 0 Å². The molecule has 0 saturated carbocycles. The zero-order valence-corrected chi connectivity index (χ0v) is 22.7. The van der Waals surface area contributed by atoms with Crippen molar-refractivity contribution in [3.63, 3.8) is 0 Å². The van der Waals surface area contributed by atoms with Crippen LogP contribution >= 0.6 is 0 Å². The van der Waals surface area contributed by atoms with Gasteiger partial charge >= 0.3 is 0 Å². The van der Waals surface area contributed by atoms with Gasteiger partial charge in [0, 0.05) is 0 Å². The number of benzene rings is 8. The number of hydrogen-bond donors (Lipinski definition) is 0. The van der Waals surface area contributed by atoms with Crippen molar-refractivity contribution < 1.29 is 0 Å². The van der Waals surface area contributed by atoms with E-state index in [4.69, 9.17) is 0 Å². The van der Waals surface area contributed by atoms with Gasteiger partial charge in [-0.25, -0.2) is 0 Å². The topological polar surface area (TPSA) is 0 Å². The third kappa shape index (κ3) is 3.46. The summed E-state index contributed by atoms with van der Waals surface area (Å²) in [6.45, 7) is 4.33. The van der Waals surface area contributed by atoms with Crippen molar-refractivity contribution in [1.82, 2.24) is 0 Å². The molecule has 0 heterocycles. The second-order valence-corrected chi connectivity index (χ2v) is 11.1. The van der Waals surface area contributed by atoms with Gasteiger partial charge in [-0.3, -0.25) is 0 Å². The van der Waals surface area contributed by atoms with E-state index in [2.05, 4.69) is 147 Å². The van der Waals surface area contributed by atoms with Crippen molar-refractivity contribution in [2.75, 3.05) is 0 Å². The first-order valence-electron chi connectivity index (χ1n) is 14.0. The lowest BCUT2D eigenvalue weighted by Crippen LogP contribution is -1.90. The van der Waals surface area contributed by atoms with Crippen molar-refractivity contribution in [2.24, 2.45) is 0 Å². The van der Waals surface area contributed by atoms with E-state index in [1.807, 2.05) is 0 Å². The van der Waals surface area contributed by atoms with Crippen LogP contribution in [0, 0.1) is 13.8 Å². The Kier molecular flexibility index (Phi) is 5.06. The molecule has 0 spiro atoms. The quantitative estimate of drug-likeness (QED) is 0.204. The molecule has 0 atom stereocenters. The smallest absolute Gasteiger partial charge is 0.00137 e. The number of fused-ring (bicyclic) bond motifs is 11. The highest BCUT2D eigenvalue weighted by Crippen LogP contribution is 2.45. The van der Waals surface area contributed by atoms with Gasteiger partial charge in [0.1, 0.15) is 0 Å². The monoisotopic (exact) mass is 508 g/mol. The molecule has 0 fully saturated rings. The SMILES string of the molecule is Cc1cccc(-c2ccc3c4ccccc4c4c5cc(-c6cccc(C)c6)ccc5c5ccccc5c4c3c2)c1. The highest BCUT2D eigenvalue weighted by molar-refractivity contribution is 6.39. The first kappa shape index (κ1) is 23.0. The average molecular weight is 509 g/mol. The number of rotatable bonds is 2. The standard InChI is InChI=1S/C40H28/c1-25-9-7-11-27(21-25)29-17-19-33-31-13-3-6-16-36(31)40-38-24-30(28-12-8-10-26(2)22-28)18-20-34(38)32-14-4-5-15-35(32)39(40)37(33)23-29/h3-24H,1-2H3. The summed E-state index contributed by atoms with van der Waals surface area (Å²) < 4.78 is 0. The van der Waals surface area contributed by atoms with Crippen LogP contribution in [0.5, 0.6) is 0 Å². The Hall–Kier alpha value is -4.94. The second kappa shape index (κ2) is 8.79. The van der Waals surface area contributed by atoms with Gasteiger partial charge in [-0.05, 0) is 102 Å². The predicted molar refractivity (Wildman–Crippen MR) is 174 cm³/mol. The van der Waals surface area contributed by atoms with E-state index in [1.165, 1.54) is 87.2 Å². The molecule has 0 aliphatic heterocycles. The van der Waals surface area contributed by atoms with E-state index in [0.717, 1.165) is 0 Å². The molecule has 0 bridgehead atoms. The highest BCUT2D eigenvalue weighted by Gasteiger charge is 2.17. The molecule has 0 radical (unpaired) electrons. The van der Waals surface area contributed by atoms with Crippen LogP contribution in [0.2, 0.25) is 0 Å². The minimum atomic E-state index is 1.26. The van der Waals surface area contributed by atoms with Crippen LogP contribution in [0.3, 0.4) is 0 Å². The molecule has 0 unspecified atom stereocenters. The predicted octanol–water partition coefficient (Wildman–Crippen LogP) is 11.4. The molecular formula is C40H28. The molecule has 0 nitrogen and oxygen atoms in total. The van der Waals surface area contributed by atoms with Crippen LogP contribution < -0.4 is 0 Å². The van der Waals surface area contributed by atoms with Gasteiger partial charge in [-0.1, -0.05) is 132 Å². The van der Waals surface area contributed by atoms with E-state index in [0.29, 0.717) is 0 Å². The van der Waals surface area contributed by atoms with E-state index in [-0.39, 0.29) is 0 Å². The normalized spacial score (nSPS) is 11.8. The number of hydrogen-bond acceptors (Lipinski definition) is 0. The van der Waals surface area contributed by atoms with Crippen molar-refractivity contribution in [3.05, 3.63) is 145 Å². The fourth-order valence-corrected chi connectivity index (χ4v) is 6.68. The summed E-state index contributed by atoms with van der Waals surface area (Å²) in [4.78, 5) is 0. The Bertz CT molecular complexity index is 2120. The summed E-state index contributed by atoms with van der Waals surface area (Å²) in [6.07, 6.45) is 0. The van der Waals surface area contributed by atoms with Gasteiger partial charge in [-0.2, -0.15) is 0 Å². The van der Waals surface area contributed by atoms with Crippen LogP contribution in [0.1, 0.15) is 11.1 Å². The van der Waals surface area contributed by atoms with Gasteiger partial charge in [0.2, 0.25) is 0 Å². The largest absolute Gasteiger partial charge is 0.0616 e. The zero-order chi connectivity index (χ0) is 26.8. The maximum atomic E-state index is 2.42. The maximum absolute atomic E-state index is 2.42. The lowest BCUT2D eigenvalue weighted by atomic mass is 9.85. The maximum Gasteiger partial charge on any atom is -0.00137 e. The second-order valence-electron chi connectivity index (χ2n) is 11.1. The summed E-state index contributed by atoms with van der Waals surface area (Å²) in [5.41, 5.74) is 7.59. The summed E-state index contributed by atoms with van der Waals surface area (Å²) in [5.74, 6) is 0. The molecule has 0 aliphatic rings. The van der Waals surface area contributed by atoms with Gasteiger partial charge < -0.3 is 0 Å². The van der Waals surface area contributed by atoms with Gasteiger partial charge in [0.15, 0.2) is 0 Å². The van der Waals surface area contributed by atoms with E-state index < -0.39 is 0 Å². The Labute approximate surface area is 234 Å². The Balaban J connectivity index is 1.60. The third-order valence-corrected chi connectivity index (χ3v) is 8.50. The molecule has 8 aromatic rings. The van der Waals surface area contributed by atoms with Crippen molar-refractivity contribution in [1.29, 1.82) is 0 Å². The van der Waals surface area contributed by atoms with E-state index in [9.17, 15) is 0 Å². The minimum Gasteiger partial charge on any atom is -0.0616 e. The molecule has 0 N–H and O–H groups in total. The molecule has 0 saturated heterocycles. The molecule has 188 valence electrons. The van der Waals surface area contributed by atoms with Crippen molar-refractivity contribution >= 4 is 53.9 Å². The molecule has 40 heavy (non-hydrogen) atoms. The number of aryl methyl sites for hydroxylation is 2. The lowest BCUT2D eigenvalue weighted by molar-refractivity contribution is 1.47. The molecule has 0 aromatic heterocycles. The molecule has 8 aromatic carbocycles. The summed E-state index contributed by atoms with van der Waals surface area (Å²) in [6, 6.07) is 49.6. The third-order valence-electron chi connectivity index (χ3n) is 8.50. The fourth-order valence-electron chi connectivity index (χ4n) is 6.68. The van der Waals surface area contributed by atoms with Crippen LogP contribution in [-0.4, -0.2) is 0 Å². The van der Waals surface area contributed by atoms with Crippen LogP contribution in [0.4, 0.5) is 0 Å². The Morgan fingerprint density at radius 2 is 0.650 bits per heavy atom. The van der Waals surface area contributed by atoms with Crippen molar-refractivity contribution in [2.45, 2.75) is 13.8 Å². The van der Waals surface area contributed by atoms with Crippen LogP contribution in [0.15, 0.2) is 133 Å². The molecule has 8 rings (SSSR count). The first-order valence-corrected chi connectivity index (χ1v) is 14.0. The van der Waals surface area contributed by atoms with Gasteiger partial charge in [0.05, 0.1) is 0 Å². The van der Waals surface area contributed by atoms with Crippen LogP contribution in [-0.2, 0) is 0 Å².